The molecule has 0 aliphatic rings. The van der Waals surface area contributed by atoms with Crippen LogP contribution in [-0.4, -0.2) is 30.5 Å². The summed E-state index contributed by atoms with van der Waals surface area (Å²) in [4.78, 5) is 11.8. The maximum absolute atomic E-state index is 11.8. The van der Waals surface area contributed by atoms with Gasteiger partial charge in [-0.1, -0.05) is 19.1 Å². The summed E-state index contributed by atoms with van der Waals surface area (Å²) in [6.07, 6.45) is 2.89. The maximum atomic E-state index is 11.8. The van der Waals surface area contributed by atoms with Gasteiger partial charge in [-0.25, -0.2) is 0 Å². The Morgan fingerprint density at radius 1 is 1.41 bits per heavy atom. The van der Waals surface area contributed by atoms with Crippen LogP contribution in [0.3, 0.4) is 0 Å². The molecule has 0 radical (unpaired) electrons. The Labute approximate surface area is 107 Å². The molecule has 0 aliphatic heterocycles. The third kappa shape index (κ3) is 4.79. The molecule has 1 amide bonds. The fourth-order valence-corrected chi connectivity index (χ4v) is 1.66. The zero-order chi connectivity index (χ0) is 12.7. The molecule has 0 aromatic heterocycles. The van der Waals surface area contributed by atoms with Crippen LogP contribution in [0.25, 0.3) is 0 Å². The van der Waals surface area contributed by atoms with Crippen LogP contribution in [0.15, 0.2) is 24.3 Å². The van der Waals surface area contributed by atoms with Crippen molar-refractivity contribution >= 4 is 17.7 Å². The minimum Gasteiger partial charge on any atom is -0.351 e. The van der Waals surface area contributed by atoms with E-state index in [1.54, 1.807) is 11.8 Å². The molecule has 0 saturated carbocycles. The molecule has 0 fully saturated rings. The molecule has 0 heterocycles. The Hall–Kier alpha value is -1.00. The lowest BCUT2D eigenvalue weighted by Crippen LogP contribution is -2.29. The summed E-state index contributed by atoms with van der Waals surface area (Å²) < 4.78 is 0. The summed E-state index contributed by atoms with van der Waals surface area (Å²) in [5.74, 6) is -0.00908. The number of nitrogens with two attached hydrogens (primary N) is 1. The highest BCUT2D eigenvalue weighted by Crippen LogP contribution is 2.06. The normalized spacial score (nSPS) is 12.2. The van der Waals surface area contributed by atoms with Gasteiger partial charge in [-0.15, -0.1) is 0 Å². The lowest BCUT2D eigenvalue weighted by Gasteiger charge is -2.10. The van der Waals surface area contributed by atoms with Crippen LogP contribution >= 0.6 is 11.8 Å². The second kappa shape index (κ2) is 7.35. The van der Waals surface area contributed by atoms with Gasteiger partial charge in [0.2, 0.25) is 0 Å². The van der Waals surface area contributed by atoms with Crippen molar-refractivity contribution in [1.29, 1.82) is 0 Å². The maximum Gasteiger partial charge on any atom is 0.251 e. The lowest BCUT2D eigenvalue weighted by atomic mass is 10.1. The summed E-state index contributed by atoms with van der Waals surface area (Å²) >= 11 is 1.74. The zero-order valence-electron chi connectivity index (χ0n) is 10.4. The summed E-state index contributed by atoms with van der Waals surface area (Å²) in [6, 6.07) is 7.62. The highest BCUT2D eigenvalue weighted by molar-refractivity contribution is 7.99. The fourth-order valence-electron chi connectivity index (χ4n) is 1.41. The van der Waals surface area contributed by atoms with Crippen LogP contribution < -0.4 is 11.1 Å². The van der Waals surface area contributed by atoms with E-state index in [0.717, 1.165) is 6.42 Å². The van der Waals surface area contributed by atoms with Crippen LogP contribution in [0.4, 0.5) is 0 Å². The van der Waals surface area contributed by atoms with E-state index in [1.165, 1.54) is 5.56 Å². The summed E-state index contributed by atoms with van der Waals surface area (Å²) in [5, 5.41) is 3.36. The number of rotatable bonds is 6. The van der Waals surface area contributed by atoms with Gasteiger partial charge in [-0.2, -0.15) is 11.8 Å². The first-order chi connectivity index (χ1) is 8.17. The molecule has 0 bridgehead atoms. The van der Waals surface area contributed by atoms with Crippen LogP contribution in [-0.2, 0) is 6.42 Å². The molecule has 94 valence electrons. The highest BCUT2D eigenvalue weighted by atomic mass is 32.2. The Balaban J connectivity index is 2.51. The number of nitrogens with one attached hydrogen (secondary N) is 1. The van der Waals surface area contributed by atoms with Gasteiger partial charge in [0, 0.05) is 17.4 Å². The van der Waals surface area contributed by atoms with E-state index in [0.29, 0.717) is 23.9 Å². The Morgan fingerprint density at radius 3 is 2.59 bits per heavy atom. The number of benzene rings is 1. The smallest absolute Gasteiger partial charge is 0.251 e. The van der Waals surface area contributed by atoms with Crippen molar-refractivity contribution in [3.8, 4) is 0 Å². The number of hydrogen-bond donors (Lipinski definition) is 2. The molecule has 17 heavy (non-hydrogen) atoms. The molecular formula is C13H20N2OS. The standard InChI is InChI=1S/C13H20N2OS/c1-10(17-2)9-15-13(16)12-5-3-11(4-6-12)7-8-14/h3-6,10H,7-9,14H2,1-2H3,(H,15,16). The molecule has 0 spiro atoms. The topological polar surface area (TPSA) is 55.1 Å². The average Bonchev–Trinajstić information content (AvgIpc) is 2.36. The first-order valence-corrected chi connectivity index (χ1v) is 7.06. The first kappa shape index (κ1) is 14.1. The van der Waals surface area contributed by atoms with Crippen LogP contribution in [0.2, 0.25) is 0 Å². The molecular weight excluding hydrogens is 232 g/mol. The van der Waals surface area contributed by atoms with E-state index in [9.17, 15) is 4.79 Å². The second-order valence-electron chi connectivity index (χ2n) is 3.99. The summed E-state index contributed by atoms with van der Waals surface area (Å²) in [5.41, 5.74) is 7.35. The van der Waals surface area contributed by atoms with E-state index in [1.807, 2.05) is 30.5 Å². The van der Waals surface area contributed by atoms with Crippen LogP contribution in [0.5, 0.6) is 0 Å². The van der Waals surface area contributed by atoms with E-state index >= 15 is 0 Å². The van der Waals surface area contributed by atoms with Crippen LogP contribution in [0, 0.1) is 0 Å². The number of hydrogen-bond acceptors (Lipinski definition) is 3. The van der Waals surface area contributed by atoms with E-state index < -0.39 is 0 Å². The van der Waals surface area contributed by atoms with Crippen LogP contribution in [0.1, 0.15) is 22.8 Å². The van der Waals surface area contributed by atoms with E-state index in [-0.39, 0.29) is 5.91 Å². The zero-order valence-corrected chi connectivity index (χ0v) is 11.2. The van der Waals surface area contributed by atoms with Crippen molar-refractivity contribution in [3.05, 3.63) is 35.4 Å². The molecule has 3 nitrogen and oxygen atoms in total. The molecule has 1 rings (SSSR count). The molecule has 1 aromatic rings. The highest BCUT2D eigenvalue weighted by Gasteiger charge is 2.06. The first-order valence-electron chi connectivity index (χ1n) is 5.77. The SMILES string of the molecule is CSC(C)CNC(=O)c1ccc(CCN)cc1. The number of amides is 1. The van der Waals surface area contributed by atoms with Gasteiger partial charge in [0.25, 0.3) is 5.91 Å². The van der Waals surface area contributed by atoms with Crippen molar-refractivity contribution in [1.82, 2.24) is 5.32 Å². The molecule has 4 heteroatoms. The molecule has 1 aromatic carbocycles. The minimum atomic E-state index is -0.00908. The van der Waals surface area contributed by atoms with Gasteiger partial charge in [-0.05, 0) is 36.9 Å². The largest absolute Gasteiger partial charge is 0.351 e. The molecule has 0 saturated heterocycles. The van der Waals surface area contributed by atoms with Gasteiger partial charge in [0.05, 0.1) is 0 Å². The van der Waals surface area contributed by atoms with E-state index in [4.69, 9.17) is 5.73 Å². The van der Waals surface area contributed by atoms with Gasteiger partial charge in [0.15, 0.2) is 0 Å². The van der Waals surface area contributed by atoms with E-state index in [2.05, 4.69) is 12.2 Å². The molecule has 0 aliphatic carbocycles. The van der Waals surface area contributed by atoms with Crippen molar-refractivity contribution in [3.63, 3.8) is 0 Å². The monoisotopic (exact) mass is 252 g/mol. The predicted octanol–water partition coefficient (Wildman–Crippen LogP) is 1.67. The summed E-state index contributed by atoms with van der Waals surface area (Å²) in [7, 11) is 0. The van der Waals surface area contributed by atoms with Gasteiger partial charge in [-0.3, -0.25) is 4.79 Å². The molecule has 1 atom stereocenters. The van der Waals surface area contributed by atoms with Gasteiger partial charge in [0.1, 0.15) is 0 Å². The van der Waals surface area contributed by atoms with Crippen molar-refractivity contribution in [2.24, 2.45) is 5.73 Å². The van der Waals surface area contributed by atoms with Crippen molar-refractivity contribution in [2.75, 3.05) is 19.3 Å². The summed E-state index contributed by atoms with van der Waals surface area (Å²) in [6.45, 7) is 3.43. The Morgan fingerprint density at radius 2 is 2.06 bits per heavy atom. The number of thioether (sulfide) groups is 1. The Kier molecular flexibility index (Phi) is 6.08. The second-order valence-corrected chi connectivity index (χ2v) is 5.27. The van der Waals surface area contributed by atoms with Crippen molar-refractivity contribution < 1.29 is 4.79 Å². The number of carbonyl (C=O) groups is 1. The minimum absolute atomic E-state index is 0.00908. The number of carbonyl (C=O) groups excluding carboxylic acids is 1. The third-order valence-corrected chi connectivity index (χ3v) is 3.57. The lowest BCUT2D eigenvalue weighted by molar-refractivity contribution is 0.0954. The average molecular weight is 252 g/mol. The molecule has 1 unspecified atom stereocenters. The van der Waals surface area contributed by atoms with Gasteiger partial charge < -0.3 is 11.1 Å². The third-order valence-electron chi connectivity index (χ3n) is 2.60. The predicted molar refractivity (Wildman–Crippen MR) is 74.5 cm³/mol. The Bertz CT molecular complexity index is 351. The van der Waals surface area contributed by atoms with Gasteiger partial charge >= 0.3 is 0 Å². The molecule has 3 N–H and O–H groups in total. The van der Waals surface area contributed by atoms with Crippen molar-refractivity contribution in [2.45, 2.75) is 18.6 Å². The quantitative estimate of drug-likeness (QED) is 0.809. The fraction of sp³-hybridized carbons (Fsp3) is 0.462.